The van der Waals surface area contributed by atoms with E-state index in [0.717, 1.165) is 25.4 Å². The molecule has 5 heteroatoms. The smallest absolute Gasteiger partial charge is 0.216 e. The third-order valence-corrected chi connectivity index (χ3v) is 2.68. The third kappa shape index (κ3) is 3.64. The van der Waals surface area contributed by atoms with Gasteiger partial charge in [0.1, 0.15) is 19.0 Å². The van der Waals surface area contributed by atoms with Crippen LogP contribution in [-0.2, 0) is 4.74 Å². The minimum Gasteiger partial charge on any atom is -0.475 e. The van der Waals surface area contributed by atoms with E-state index in [1.54, 1.807) is 6.33 Å². The van der Waals surface area contributed by atoms with E-state index in [0.29, 0.717) is 18.4 Å². The van der Waals surface area contributed by atoms with Gasteiger partial charge >= 0.3 is 0 Å². The fraction of sp³-hybridized carbons (Fsp3) is 0.667. The Morgan fingerprint density at radius 3 is 3.12 bits per heavy atom. The zero-order valence-electron chi connectivity index (χ0n) is 10.3. The molecule has 2 rings (SSSR count). The van der Waals surface area contributed by atoms with Gasteiger partial charge in [-0.05, 0) is 5.92 Å². The van der Waals surface area contributed by atoms with E-state index in [1.807, 2.05) is 6.07 Å². The van der Waals surface area contributed by atoms with Gasteiger partial charge in [-0.15, -0.1) is 0 Å². The highest BCUT2D eigenvalue weighted by Crippen LogP contribution is 2.15. The first-order chi connectivity index (χ1) is 8.25. The lowest BCUT2D eigenvalue weighted by atomic mass is 10.1. The van der Waals surface area contributed by atoms with Crippen LogP contribution in [0.2, 0.25) is 0 Å². The Bertz CT molecular complexity index is 351. The van der Waals surface area contributed by atoms with Crippen LogP contribution < -0.4 is 10.1 Å². The lowest BCUT2D eigenvalue weighted by molar-refractivity contribution is -0.000796. The fourth-order valence-electron chi connectivity index (χ4n) is 1.65. The SMILES string of the molecule is CC(C)c1cc(OCC2CNCCO2)ncn1. The monoisotopic (exact) mass is 237 g/mol. The van der Waals surface area contributed by atoms with Gasteiger partial charge in [0.25, 0.3) is 0 Å². The molecular formula is C12H19N3O2. The highest BCUT2D eigenvalue weighted by atomic mass is 16.5. The molecule has 0 bridgehead atoms. The average molecular weight is 237 g/mol. The molecule has 1 aliphatic rings. The second-order valence-corrected chi connectivity index (χ2v) is 4.44. The van der Waals surface area contributed by atoms with Gasteiger partial charge in [-0.3, -0.25) is 0 Å². The molecule has 5 nitrogen and oxygen atoms in total. The summed E-state index contributed by atoms with van der Waals surface area (Å²) < 4.78 is 11.2. The van der Waals surface area contributed by atoms with Gasteiger partial charge in [-0.1, -0.05) is 13.8 Å². The van der Waals surface area contributed by atoms with Crippen molar-refractivity contribution in [3.05, 3.63) is 18.1 Å². The van der Waals surface area contributed by atoms with E-state index in [1.165, 1.54) is 0 Å². The van der Waals surface area contributed by atoms with Gasteiger partial charge in [0.2, 0.25) is 5.88 Å². The van der Waals surface area contributed by atoms with Crippen molar-refractivity contribution in [2.24, 2.45) is 0 Å². The third-order valence-electron chi connectivity index (χ3n) is 2.68. The zero-order valence-corrected chi connectivity index (χ0v) is 10.3. The normalized spacial score (nSPS) is 20.5. The van der Waals surface area contributed by atoms with E-state index in [4.69, 9.17) is 9.47 Å². The molecule has 0 aromatic carbocycles. The molecule has 0 spiro atoms. The first-order valence-electron chi connectivity index (χ1n) is 6.03. The molecule has 2 heterocycles. The summed E-state index contributed by atoms with van der Waals surface area (Å²) in [5.74, 6) is 1.01. The molecule has 1 aromatic heterocycles. The lowest BCUT2D eigenvalue weighted by Crippen LogP contribution is -2.41. The van der Waals surface area contributed by atoms with Gasteiger partial charge in [0, 0.05) is 19.2 Å². The van der Waals surface area contributed by atoms with Crippen LogP contribution in [0.3, 0.4) is 0 Å². The van der Waals surface area contributed by atoms with Crippen LogP contribution in [0.5, 0.6) is 5.88 Å². The summed E-state index contributed by atoms with van der Waals surface area (Å²) >= 11 is 0. The van der Waals surface area contributed by atoms with E-state index < -0.39 is 0 Å². The number of hydrogen-bond donors (Lipinski definition) is 1. The number of nitrogens with one attached hydrogen (secondary N) is 1. The van der Waals surface area contributed by atoms with Crippen LogP contribution >= 0.6 is 0 Å². The Morgan fingerprint density at radius 2 is 2.41 bits per heavy atom. The predicted octanol–water partition coefficient (Wildman–Crippen LogP) is 0.967. The van der Waals surface area contributed by atoms with Crippen molar-refractivity contribution in [2.45, 2.75) is 25.9 Å². The molecule has 0 saturated carbocycles. The van der Waals surface area contributed by atoms with Crippen molar-refractivity contribution in [2.75, 3.05) is 26.3 Å². The number of nitrogens with zero attached hydrogens (tertiary/aromatic N) is 2. The Balaban J connectivity index is 1.87. The topological polar surface area (TPSA) is 56.3 Å². The van der Waals surface area contributed by atoms with Crippen molar-refractivity contribution < 1.29 is 9.47 Å². The number of morpholine rings is 1. The van der Waals surface area contributed by atoms with Crippen LogP contribution in [-0.4, -0.2) is 42.4 Å². The summed E-state index contributed by atoms with van der Waals surface area (Å²) in [6, 6.07) is 1.89. The fourth-order valence-corrected chi connectivity index (χ4v) is 1.65. The molecule has 0 aliphatic carbocycles. The molecule has 94 valence electrons. The Kier molecular flexibility index (Phi) is 4.28. The Labute approximate surface area is 102 Å². The maximum Gasteiger partial charge on any atom is 0.216 e. The van der Waals surface area contributed by atoms with Gasteiger partial charge in [-0.2, -0.15) is 0 Å². The zero-order chi connectivity index (χ0) is 12.1. The van der Waals surface area contributed by atoms with E-state index in [2.05, 4.69) is 29.1 Å². The summed E-state index contributed by atoms with van der Waals surface area (Å²) in [5, 5.41) is 3.26. The molecule has 17 heavy (non-hydrogen) atoms. The van der Waals surface area contributed by atoms with Crippen molar-refractivity contribution >= 4 is 0 Å². The molecule has 1 fully saturated rings. The summed E-state index contributed by atoms with van der Waals surface area (Å²) in [7, 11) is 0. The standard InChI is InChI=1S/C12H19N3O2/c1-9(2)11-5-12(15-8-14-11)17-7-10-6-13-3-4-16-10/h5,8-10,13H,3-4,6-7H2,1-2H3. The van der Waals surface area contributed by atoms with Crippen molar-refractivity contribution in [1.29, 1.82) is 0 Å². The molecule has 1 saturated heterocycles. The number of aromatic nitrogens is 2. The molecule has 0 amide bonds. The number of ether oxygens (including phenoxy) is 2. The van der Waals surface area contributed by atoms with Crippen molar-refractivity contribution in [1.82, 2.24) is 15.3 Å². The molecule has 1 unspecified atom stereocenters. The molecule has 1 aliphatic heterocycles. The molecule has 0 radical (unpaired) electrons. The minimum atomic E-state index is 0.112. The van der Waals surface area contributed by atoms with E-state index >= 15 is 0 Å². The van der Waals surface area contributed by atoms with Gasteiger partial charge in [-0.25, -0.2) is 9.97 Å². The first kappa shape index (κ1) is 12.3. The lowest BCUT2D eigenvalue weighted by Gasteiger charge is -2.23. The summed E-state index contributed by atoms with van der Waals surface area (Å²) in [6.07, 6.45) is 1.66. The van der Waals surface area contributed by atoms with Crippen LogP contribution in [0.1, 0.15) is 25.5 Å². The van der Waals surface area contributed by atoms with Crippen molar-refractivity contribution in [3.63, 3.8) is 0 Å². The highest BCUT2D eigenvalue weighted by molar-refractivity contribution is 5.15. The summed E-state index contributed by atoms with van der Waals surface area (Å²) in [6.45, 7) is 7.22. The van der Waals surface area contributed by atoms with Crippen molar-refractivity contribution in [3.8, 4) is 5.88 Å². The van der Waals surface area contributed by atoms with E-state index in [-0.39, 0.29) is 6.10 Å². The quantitative estimate of drug-likeness (QED) is 0.845. The number of hydrogen-bond acceptors (Lipinski definition) is 5. The average Bonchev–Trinajstić information content (AvgIpc) is 2.38. The Hall–Kier alpha value is -1.20. The minimum absolute atomic E-state index is 0.112. The van der Waals surface area contributed by atoms with Crippen LogP contribution in [0.4, 0.5) is 0 Å². The summed E-state index contributed by atoms with van der Waals surface area (Å²) in [5.41, 5.74) is 0.998. The first-order valence-corrected chi connectivity index (χ1v) is 6.03. The second-order valence-electron chi connectivity index (χ2n) is 4.44. The van der Waals surface area contributed by atoms with Crippen LogP contribution in [0, 0.1) is 0 Å². The van der Waals surface area contributed by atoms with E-state index in [9.17, 15) is 0 Å². The molecule has 1 aromatic rings. The van der Waals surface area contributed by atoms with Gasteiger partial charge in [0.05, 0.1) is 12.3 Å². The largest absolute Gasteiger partial charge is 0.475 e. The van der Waals surface area contributed by atoms with Gasteiger partial charge in [0.15, 0.2) is 0 Å². The van der Waals surface area contributed by atoms with Crippen LogP contribution in [0.25, 0.3) is 0 Å². The molecule has 1 atom stereocenters. The van der Waals surface area contributed by atoms with Gasteiger partial charge < -0.3 is 14.8 Å². The molecule has 1 N–H and O–H groups in total. The summed E-state index contributed by atoms with van der Waals surface area (Å²) in [4.78, 5) is 8.30. The number of rotatable bonds is 4. The van der Waals surface area contributed by atoms with Crippen LogP contribution in [0.15, 0.2) is 12.4 Å². The second kappa shape index (κ2) is 5.93. The maximum atomic E-state index is 5.62. The highest BCUT2D eigenvalue weighted by Gasteiger charge is 2.14. The molecular weight excluding hydrogens is 218 g/mol. The Morgan fingerprint density at radius 1 is 1.53 bits per heavy atom. The maximum absolute atomic E-state index is 5.62. The predicted molar refractivity (Wildman–Crippen MR) is 64.2 cm³/mol.